The highest BCUT2D eigenvalue weighted by atomic mass is 15.1. The Balaban J connectivity index is 3.34. The summed E-state index contributed by atoms with van der Waals surface area (Å²) >= 11 is 0. The van der Waals surface area contributed by atoms with Gasteiger partial charge in [0.25, 0.3) is 0 Å². The molecular formula is C10H19N. The van der Waals surface area contributed by atoms with Gasteiger partial charge in [-0.25, -0.2) is 0 Å². The largest absolute Gasteiger partial charge is 0.295 e. The summed E-state index contributed by atoms with van der Waals surface area (Å²) < 4.78 is 0. The highest BCUT2D eigenvalue weighted by Crippen LogP contribution is 1.99. The Kier molecular flexibility index (Phi) is 5.97. The summed E-state index contributed by atoms with van der Waals surface area (Å²) in [5, 5.41) is 0. The van der Waals surface area contributed by atoms with Gasteiger partial charge in [0.15, 0.2) is 0 Å². The Labute approximate surface area is 70.8 Å². The topological polar surface area (TPSA) is 3.24 Å². The fraction of sp³-hybridized carbons (Fsp3) is 0.800. The third-order valence-corrected chi connectivity index (χ3v) is 1.61. The molecule has 0 aliphatic rings. The van der Waals surface area contributed by atoms with Gasteiger partial charge in [-0.1, -0.05) is 19.8 Å². The highest BCUT2D eigenvalue weighted by Gasteiger charge is 1.97. The summed E-state index contributed by atoms with van der Waals surface area (Å²) in [6.07, 6.45) is 1.27. The van der Waals surface area contributed by atoms with Gasteiger partial charge in [-0.3, -0.25) is 4.90 Å². The van der Waals surface area contributed by atoms with Gasteiger partial charge in [0.05, 0.1) is 6.54 Å². The van der Waals surface area contributed by atoms with Gasteiger partial charge in [0, 0.05) is 0 Å². The van der Waals surface area contributed by atoms with Crippen LogP contribution in [0.25, 0.3) is 0 Å². The number of hydrogen-bond donors (Lipinski definition) is 0. The van der Waals surface area contributed by atoms with Gasteiger partial charge in [-0.15, -0.1) is 5.92 Å². The molecule has 0 radical (unpaired) electrons. The molecule has 11 heavy (non-hydrogen) atoms. The van der Waals surface area contributed by atoms with Crippen LogP contribution in [0, 0.1) is 17.8 Å². The fourth-order valence-electron chi connectivity index (χ4n) is 0.772. The average Bonchev–Trinajstić information content (AvgIpc) is 1.97. The molecule has 0 fully saturated rings. The zero-order valence-corrected chi connectivity index (χ0v) is 8.15. The summed E-state index contributed by atoms with van der Waals surface area (Å²) in [4.78, 5) is 2.26. The summed E-state index contributed by atoms with van der Waals surface area (Å²) in [5.41, 5.74) is 0. The summed E-state index contributed by atoms with van der Waals surface area (Å²) in [5.74, 6) is 6.74. The summed E-state index contributed by atoms with van der Waals surface area (Å²) in [7, 11) is 2.12. The van der Waals surface area contributed by atoms with E-state index in [0.717, 1.165) is 19.0 Å². The van der Waals surface area contributed by atoms with Crippen molar-refractivity contribution in [3.63, 3.8) is 0 Å². The monoisotopic (exact) mass is 153 g/mol. The van der Waals surface area contributed by atoms with Crippen molar-refractivity contribution >= 4 is 0 Å². The van der Waals surface area contributed by atoms with Crippen LogP contribution in [0.5, 0.6) is 0 Å². The van der Waals surface area contributed by atoms with Crippen molar-refractivity contribution in [3.8, 4) is 11.8 Å². The van der Waals surface area contributed by atoms with E-state index in [4.69, 9.17) is 0 Å². The molecule has 0 N–H and O–H groups in total. The molecule has 0 rings (SSSR count). The zero-order valence-electron chi connectivity index (χ0n) is 8.15. The maximum absolute atomic E-state index is 3.05. The van der Waals surface area contributed by atoms with E-state index in [1.165, 1.54) is 6.42 Å². The SMILES string of the molecule is CC#CCN(C)CCC(C)C. The Morgan fingerprint density at radius 1 is 1.36 bits per heavy atom. The van der Waals surface area contributed by atoms with Crippen LogP contribution in [-0.4, -0.2) is 25.0 Å². The first-order valence-corrected chi connectivity index (χ1v) is 4.25. The molecule has 0 aromatic rings. The van der Waals surface area contributed by atoms with Crippen LogP contribution in [0.4, 0.5) is 0 Å². The van der Waals surface area contributed by atoms with Crippen molar-refractivity contribution in [2.75, 3.05) is 20.1 Å². The molecule has 64 valence electrons. The van der Waals surface area contributed by atoms with Crippen molar-refractivity contribution in [1.82, 2.24) is 4.90 Å². The number of nitrogens with zero attached hydrogens (tertiary/aromatic N) is 1. The zero-order chi connectivity index (χ0) is 8.69. The lowest BCUT2D eigenvalue weighted by Crippen LogP contribution is -2.20. The van der Waals surface area contributed by atoms with Gasteiger partial charge in [0.1, 0.15) is 0 Å². The van der Waals surface area contributed by atoms with E-state index in [-0.39, 0.29) is 0 Å². The fourth-order valence-corrected chi connectivity index (χ4v) is 0.772. The predicted octanol–water partition coefficient (Wildman–Crippen LogP) is 1.99. The molecule has 1 heteroatoms. The lowest BCUT2D eigenvalue weighted by atomic mass is 10.1. The normalized spacial score (nSPS) is 10.0. The third kappa shape index (κ3) is 7.42. The van der Waals surface area contributed by atoms with Gasteiger partial charge >= 0.3 is 0 Å². The minimum atomic E-state index is 0.798. The first-order chi connectivity index (χ1) is 5.16. The molecular weight excluding hydrogens is 134 g/mol. The second-order valence-corrected chi connectivity index (χ2v) is 3.35. The molecule has 0 saturated carbocycles. The van der Waals surface area contributed by atoms with Crippen LogP contribution in [-0.2, 0) is 0 Å². The minimum Gasteiger partial charge on any atom is -0.295 e. The Hall–Kier alpha value is -0.480. The molecule has 1 nitrogen and oxygen atoms in total. The molecule has 0 spiro atoms. The Morgan fingerprint density at radius 2 is 2.00 bits per heavy atom. The maximum atomic E-state index is 3.05. The van der Waals surface area contributed by atoms with Crippen LogP contribution >= 0.6 is 0 Å². The summed E-state index contributed by atoms with van der Waals surface area (Å²) in [6.45, 7) is 8.45. The van der Waals surface area contributed by atoms with Crippen molar-refractivity contribution < 1.29 is 0 Å². The quantitative estimate of drug-likeness (QED) is 0.558. The molecule has 0 heterocycles. The van der Waals surface area contributed by atoms with Crippen molar-refractivity contribution in [3.05, 3.63) is 0 Å². The molecule has 0 aromatic heterocycles. The van der Waals surface area contributed by atoms with Crippen molar-refractivity contribution in [2.24, 2.45) is 5.92 Å². The Bertz CT molecular complexity index is 139. The first kappa shape index (κ1) is 10.5. The third-order valence-electron chi connectivity index (χ3n) is 1.61. The predicted molar refractivity (Wildman–Crippen MR) is 50.4 cm³/mol. The van der Waals surface area contributed by atoms with E-state index < -0.39 is 0 Å². The molecule has 0 unspecified atom stereocenters. The van der Waals surface area contributed by atoms with E-state index >= 15 is 0 Å². The minimum absolute atomic E-state index is 0.798. The molecule has 0 bridgehead atoms. The molecule has 0 aliphatic heterocycles. The highest BCUT2D eigenvalue weighted by molar-refractivity contribution is 4.97. The van der Waals surface area contributed by atoms with Gasteiger partial charge in [0.2, 0.25) is 0 Å². The van der Waals surface area contributed by atoms with Gasteiger partial charge < -0.3 is 0 Å². The van der Waals surface area contributed by atoms with E-state index in [1.807, 2.05) is 6.92 Å². The van der Waals surface area contributed by atoms with E-state index in [2.05, 4.69) is 37.6 Å². The first-order valence-electron chi connectivity index (χ1n) is 4.25. The molecule has 0 saturated heterocycles. The molecule has 0 atom stereocenters. The molecule has 0 amide bonds. The lowest BCUT2D eigenvalue weighted by molar-refractivity contribution is 0.344. The number of hydrogen-bond acceptors (Lipinski definition) is 1. The van der Waals surface area contributed by atoms with Crippen LogP contribution in [0.15, 0.2) is 0 Å². The van der Waals surface area contributed by atoms with Gasteiger partial charge in [-0.05, 0) is 32.9 Å². The van der Waals surface area contributed by atoms with E-state index in [0.29, 0.717) is 0 Å². The molecule has 0 aliphatic carbocycles. The van der Waals surface area contributed by atoms with Crippen LogP contribution in [0.3, 0.4) is 0 Å². The van der Waals surface area contributed by atoms with Gasteiger partial charge in [-0.2, -0.15) is 0 Å². The lowest BCUT2D eigenvalue weighted by Gasteiger charge is -2.14. The van der Waals surface area contributed by atoms with E-state index in [1.54, 1.807) is 0 Å². The van der Waals surface area contributed by atoms with Crippen molar-refractivity contribution in [2.45, 2.75) is 27.2 Å². The summed E-state index contributed by atoms with van der Waals surface area (Å²) in [6, 6.07) is 0. The van der Waals surface area contributed by atoms with Crippen LogP contribution in [0.1, 0.15) is 27.2 Å². The Morgan fingerprint density at radius 3 is 2.45 bits per heavy atom. The second kappa shape index (κ2) is 6.24. The molecule has 0 aromatic carbocycles. The smallest absolute Gasteiger partial charge is 0.0598 e. The van der Waals surface area contributed by atoms with Crippen molar-refractivity contribution in [1.29, 1.82) is 0 Å². The van der Waals surface area contributed by atoms with Crippen LogP contribution in [0.2, 0.25) is 0 Å². The van der Waals surface area contributed by atoms with Crippen LogP contribution < -0.4 is 0 Å². The maximum Gasteiger partial charge on any atom is 0.0598 e. The van der Waals surface area contributed by atoms with E-state index in [9.17, 15) is 0 Å². The number of rotatable bonds is 4. The average molecular weight is 153 g/mol. The standard InChI is InChI=1S/C10H19N/c1-5-6-8-11(4)9-7-10(2)3/h10H,7-9H2,1-4H3. The second-order valence-electron chi connectivity index (χ2n) is 3.35.